The number of benzene rings is 1. The Labute approximate surface area is 146 Å². The lowest BCUT2D eigenvalue weighted by molar-refractivity contribution is -0.140. The molecule has 1 aliphatic carbocycles. The molecule has 1 saturated heterocycles. The normalized spacial score (nSPS) is 23.3. The maximum atomic E-state index is 12.4. The van der Waals surface area contributed by atoms with Gasteiger partial charge in [0.15, 0.2) is 0 Å². The minimum atomic E-state index is -0.177. The zero-order valence-corrected chi connectivity index (χ0v) is 14.6. The molecule has 2 unspecified atom stereocenters. The molecule has 24 heavy (non-hydrogen) atoms. The molecule has 0 bridgehead atoms. The zero-order valence-electron chi connectivity index (χ0n) is 13.8. The molecule has 0 radical (unpaired) electrons. The van der Waals surface area contributed by atoms with Gasteiger partial charge in [0.2, 0.25) is 17.7 Å². The summed E-state index contributed by atoms with van der Waals surface area (Å²) in [6.45, 7) is 0.179. The van der Waals surface area contributed by atoms with Crippen molar-refractivity contribution in [2.75, 3.05) is 18.1 Å². The first kappa shape index (κ1) is 17.0. The van der Waals surface area contributed by atoms with Crippen molar-refractivity contribution in [1.82, 2.24) is 4.90 Å². The maximum Gasteiger partial charge on any atom is 0.233 e. The summed E-state index contributed by atoms with van der Waals surface area (Å²) in [4.78, 5) is 39.3. The van der Waals surface area contributed by atoms with Gasteiger partial charge >= 0.3 is 0 Å². The number of nitrogens with one attached hydrogen (secondary N) is 1. The van der Waals surface area contributed by atoms with E-state index in [4.69, 9.17) is 0 Å². The average molecular weight is 346 g/mol. The van der Waals surface area contributed by atoms with Crippen molar-refractivity contribution in [2.24, 2.45) is 11.8 Å². The molecular formula is C18H22N2O3S. The summed E-state index contributed by atoms with van der Waals surface area (Å²) in [6.07, 6.45) is 5.75. The van der Waals surface area contributed by atoms with Crippen LogP contribution in [0.3, 0.4) is 0 Å². The highest BCUT2D eigenvalue weighted by atomic mass is 32.2. The van der Waals surface area contributed by atoms with Gasteiger partial charge in [0, 0.05) is 23.5 Å². The van der Waals surface area contributed by atoms with Crippen molar-refractivity contribution < 1.29 is 14.4 Å². The third kappa shape index (κ3) is 3.48. The van der Waals surface area contributed by atoms with Crippen molar-refractivity contribution >= 4 is 35.2 Å². The Morgan fingerprint density at radius 3 is 2.50 bits per heavy atom. The van der Waals surface area contributed by atoms with E-state index in [1.807, 2.05) is 30.5 Å². The Morgan fingerprint density at radius 1 is 1.21 bits per heavy atom. The SMILES string of the molecule is CSc1cccc(NC(=O)CCN2C(=O)C3CCCCC3C2=O)c1. The number of fused-ring (bicyclic) bond motifs is 1. The van der Waals surface area contributed by atoms with Crippen LogP contribution in [0.25, 0.3) is 0 Å². The highest BCUT2D eigenvalue weighted by Crippen LogP contribution is 2.37. The number of carbonyl (C=O) groups is 3. The minimum absolute atomic E-state index is 0.0816. The summed E-state index contributed by atoms with van der Waals surface area (Å²) in [5.41, 5.74) is 0.736. The van der Waals surface area contributed by atoms with E-state index in [9.17, 15) is 14.4 Å². The summed E-state index contributed by atoms with van der Waals surface area (Å²) in [6, 6.07) is 7.60. The van der Waals surface area contributed by atoms with Gasteiger partial charge in [0.05, 0.1) is 11.8 Å². The number of hydrogen-bond acceptors (Lipinski definition) is 4. The molecule has 1 saturated carbocycles. The van der Waals surface area contributed by atoms with E-state index < -0.39 is 0 Å². The fraction of sp³-hybridized carbons (Fsp3) is 0.500. The lowest BCUT2D eigenvalue weighted by atomic mass is 9.81. The number of likely N-dealkylation sites (tertiary alicyclic amines) is 1. The third-order valence-electron chi connectivity index (χ3n) is 4.85. The second-order valence-corrected chi connectivity index (χ2v) is 7.24. The summed E-state index contributed by atoms with van der Waals surface area (Å²) in [5.74, 6) is -0.632. The Balaban J connectivity index is 1.56. The molecule has 1 aromatic carbocycles. The molecule has 0 spiro atoms. The predicted octanol–water partition coefficient (Wildman–Crippen LogP) is 2.91. The first-order valence-corrected chi connectivity index (χ1v) is 9.62. The molecule has 6 heteroatoms. The lowest BCUT2D eigenvalue weighted by Gasteiger charge is -2.19. The Morgan fingerprint density at radius 2 is 1.88 bits per heavy atom. The van der Waals surface area contributed by atoms with Crippen LogP contribution < -0.4 is 5.32 Å². The van der Waals surface area contributed by atoms with Crippen LogP contribution in [0.5, 0.6) is 0 Å². The van der Waals surface area contributed by atoms with Gasteiger partial charge < -0.3 is 5.32 Å². The van der Waals surface area contributed by atoms with E-state index in [0.717, 1.165) is 36.3 Å². The molecule has 1 N–H and O–H groups in total. The molecule has 128 valence electrons. The number of hydrogen-bond donors (Lipinski definition) is 1. The van der Waals surface area contributed by atoms with Crippen molar-refractivity contribution in [3.8, 4) is 0 Å². The molecule has 3 amide bonds. The van der Waals surface area contributed by atoms with Gasteiger partial charge in [-0.2, -0.15) is 0 Å². The van der Waals surface area contributed by atoms with Crippen molar-refractivity contribution in [3.05, 3.63) is 24.3 Å². The highest BCUT2D eigenvalue weighted by Gasteiger charge is 2.47. The van der Waals surface area contributed by atoms with Gasteiger partial charge in [0.1, 0.15) is 0 Å². The number of thioether (sulfide) groups is 1. The number of carbonyl (C=O) groups excluding carboxylic acids is 3. The van der Waals surface area contributed by atoms with Gasteiger partial charge in [0.25, 0.3) is 0 Å². The summed E-state index contributed by atoms with van der Waals surface area (Å²) in [5, 5.41) is 2.83. The molecule has 3 rings (SSSR count). The molecule has 5 nitrogen and oxygen atoms in total. The third-order valence-corrected chi connectivity index (χ3v) is 5.57. The zero-order chi connectivity index (χ0) is 17.1. The van der Waals surface area contributed by atoms with Gasteiger partial charge in [-0.1, -0.05) is 18.9 Å². The van der Waals surface area contributed by atoms with E-state index in [-0.39, 0.29) is 42.5 Å². The van der Waals surface area contributed by atoms with Crippen LogP contribution in [-0.2, 0) is 14.4 Å². The van der Waals surface area contributed by atoms with Gasteiger partial charge in [-0.25, -0.2) is 0 Å². The van der Waals surface area contributed by atoms with Crippen LogP contribution in [0.2, 0.25) is 0 Å². The van der Waals surface area contributed by atoms with Crippen molar-refractivity contribution in [2.45, 2.75) is 37.0 Å². The monoisotopic (exact) mass is 346 g/mol. The Bertz CT molecular complexity index is 637. The van der Waals surface area contributed by atoms with Crippen LogP contribution >= 0.6 is 11.8 Å². The van der Waals surface area contributed by atoms with Crippen LogP contribution in [0.15, 0.2) is 29.2 Å². The highest BCUT2D eigenvalue weighted by molar-refractivity contribution is 7.98. The van der Waals surface area contributed by atoms with E-state index in [1.54, 1.807) is 11.8 Å². The lowest BCUT2D eigenvalue weighted by Crippen LogP contribution is -2.34. The molecule has 2 atom stereocenters. The molecule has 2 fully saturated rings. The van der Waals surface area contributed by atoms with E-state index in [2.05, 4.69) is 5.32 Å². The first-order valence-electron chi connectivity index (χ1n) is 8.39. The fourth-order valence-corrected chi connectivity index (χ4v) is 4.05. The van der Waals surface area contributed by atoms with Crippen LogP contribution in [0.4, 0.5) is 5.69 Å². The van der Waals surface area contributed by atoms with Crippen molar-refractivity contribution in [1.29, 1.82) is 0 Å². The standard InChI is InChI=1S/C18H22N2O3S/c1-24-13-6-4-5-12(11-13)19-16(21)9-10-20-17(22)14-7-2-3-8-15(14)18(20)23/h4-6,11,14-15H,2-3,7-10H2,1H3,(H,19,21). The van der Waals surface area contributed by atoms with Crippen molar-refractivity contribution in [3.63, 3.8) is 0 Å². The molecule has 1 heterocycles. The second kappa shape index (κ2) is 7.38. The second-order valence-electron chi connectivity index (χ2n) is 6.36. The number of imide groups is 1. The summed E-state index contributed by atoms with van der Waals surface area (Å²) < 4.78 is 0. The fourth-order valence-electron chi connectivity index (χ4n) is 3.59. The van der Waals surface area contributed by atoms with Crippen LogP contribution in [0.1, 0.15) is 32.1 Å². The van der Waals surface area contributed by atoms with E-state index in [1.165, 1.54) is 4.90 Å². The molecule has 0 aromatic heterocycles. The summed E-state index contributed by atoms with van der Waals surface area (Å²) in [7, 11) is 0. The smallest absolute Gasteiger partial charge is 0.233 e. The first-order chi connectivity index (χ1) is 11.6. The summed E-state index contributed by atoms with van der Waals surface area (Å²) >= 11 is 1.61. The molecule has 1 aromatic rings. The number of nitrogens with zero attached hydrogens (tertiary/aromatic N) is 1. The maximum absolute atomic E-state index is 12.4. The molecule has 1 aliphatic heterocycles. The van der Waals surface area contributed by atoms with Gasteiger partial charge in [-0.05, 0) is 37.3 Å². The average Bonchev–Trinajstić information content (AvgIpc) is 2.84. The molecule has 2 aliphatic rings. The largest absolute Gasteiger partial charge is 0.326 e. The van der Waals surface area contributed by atoms with Crippen LogP contribution in [0, 0.1) is 11.8 Å². The number of amides is 3. The predicted molar refractivity (Wildman–Crippen MR) is 93.6 cm³/mol. The number of rotatable bonds is 5. The quantitative estimate of drug-likeness (QED) is 0.658. The van der Waals surface area contributed by atoms with Crippen LogP contribution in [-0.4, -0.2) is 35.4 Å². The van der Waals surface area contributed by atoms with Gasteiger partial charge in [-0.3, -0.25) is 19.3 Å². The topological polar surface area (TPSA) is 66.5 Å². The molecular weight excluding hydrogens is 324 g/mol. The Kier molecular flexibility index (Phi) is 5.23. The minimum Gasteiger partial charge on any atom is -0.326 e. The van der Waals surface area contributed by atoms with E-state index in [0.29, 0.717) is 0 Å². The number of anilines is 1. The van der Waals surface area contributed by atoms with E-state index >= 15 is 0 Å². The van der Waals surface area contributed by atoms with Gasteiger partial charge in [-0.15, -0.1) is 11.8 Å². The Hall–Kier alpha value is -1.82.